The van der Waals surface area contributed by atoms with E-state index in [4.69, 9.17) is 0 Å². The second kappa shape index (κ2) is 8.52. The molecule has 4 heteroatoms. The Bertz CT molecular complexity index is 1370. The minimum atomic E-state index is -0.00104. The number of nitrogens with one attached hydrogen (secondary N) is 1. The van der Waals surface area contributed by atoms with Crippen LogP contribution in [0.25, 0.3) is 33.3 Å². The van der Waals surface area contributed by atoms with E-state index in [1.807, 2.05) is 73.8 Å². The number of amides is 1. The van der Waals surface area contributed by atoms with Crippen molar-refractivity contribution < 1.29 is 4.79 Å². The molecule has 1 N–H and O–H groups in total. The summed E-state index contributed by atoms with van der Waals surface area (Å²) in [6.07, 6.45) is 0. The number of hydrogen-bond acceptors (Lipinski definition) is 2. The quantitative estimate of drug-likeness (QED) is 0.372. The minimum Gasteiger partial charge on any atom is -0.337 e. The average Bonchev–Trinajstić information content (AvgIpc) is 3.34. The molecule has 0 saturated carbocycles. The molecule has 5 rings (SSSR count). The molecule has 0 spiro atoms. The van der Waals surface area contributed by atoms with Gasteiger partial charge in [0.1, 0.15) is 0 Å². The number of rotatable bonds is 5. The normalized spacial score (nSPS) is 10.9. The van der Waals surface area contributed by atoms with Crippen molar-refractivity contribution in [1.82, 2.24) is 15.1 Å². The SMILES string of the molecule is CN(Cc1ccccc1)C(=O)c1ccc(-c2cc(-c3cccc4ccccc34)[nH]n2)cc1. The van der Waals surface area contributed by atoms with Crippen LogP contribution in [0.3, 0.4) is 0 Å². The van der Waals surface area contributed by atoms with Gasteiger partial charge in [-0.3, -0.25) is 9.89 Å². The number of aromatic amines is 1. The number of hydrogen-bond donors (Lipinski definition) is 1. The van der Waals surface area contributed by atoms with Crippen LogP contribution in [0.4, 0.5) is 0 Å². The fourth-order valence-electron chi connectivity index (χ4n) is 4.00. The highest BCUT2D eigenvalue weighted by Crippen LogP contribution is 2.30. The molecule has 0 fully saturated rings. The molecule has 5 aromatic rings. The first kappa shape index (κ1) is 19.8. The number of nitrogens with zero attached hydrogens (tertiary/aromatic N) is 2. The fraction of sp³-hybridized carbons (Fsp3) is 0.0714. The predicted molar refractivity (Wildman–Crippen MR) is 129 cm³/mol. The van der Waals surface area contributed by atoms with E-state index in [2.05, 4.69) is 46.6 Å². The lowest BCUT2D eigenvalue weighted by molar-refractivity contribution is 0.0785. The van der Waals surface area contributed by atoms with Crippen molar-refractivity contribution in [3.63, 3.8) is 0 Å². The average molecular weight is 418 g/mol. The van der Waals surface area contributed by atoms with Crippen LogP contribution in [0.15, 0.2) is 103 Å². The van der Waals surface area contributed by atoms with Crippen molar-refractivity contribution in [2.24, 2.45) is 0 Å². The maximum absolute atomic E-state index is 12.8. The Morgan fingerprint density at radius 3 is 2.38 bits per heavy atom. The fourth-order valence-corrected chi connectivity index (χ4v) is 4.00. The molecule has 4 nitrogen and oxygen atoms in total. The van der Waals surface area contributed by atoms with Crippen LogP contribution in [0.5, 0.6) is 0 Å². The number of fused-ring (bicyclic) bond motifs is 1. The molecule has 156 valence electrons. The summed E-state index contributed by atoms with van der Waals surface area (Å²) in [5, 5.41) is 10.1. The highest BCUT2D eigenvalue weighted by molar-refractivity contribution is 5.96. The molecule has 0 radical (unpaired) electrons. The maximum atomic E-state index is 12.8. The summed E-state index contributed by atoms with van der Waals surface area (Å²) in [5.41, 5.74) is 5.68. The number of carbonyl (C=O) groups excluding carboxylic acids is 1. The molecule has 0 aliphatic carbocycles. The molecular formula is C28H23N3O. The molecule has 1 aromatic heterocycles. The Hall–Kier alpha value is -4.18. The van der Waals surface area contributed by atoms with Gasteiger partial charge in [-0.05, 0) is 34.5 Å². The Kier molecular flexibility index (Phi) is 5.26. The maximum Gasteiger partial charge on any atom is 0.253 e. The van der Waals surface area contributed by atoms with Crippen LogP contribution in [0.1, 0.15) is 15.9 Å². The molecule has 0 aliphatic rings. The van der Waals surface area contributed by atoms with Crippen LogP contribution >= 0.6 is 0 Å². The number of H-pyrrole nitrogens is 1. The van der Waals surface area contributed by atoms with Crippen molar-refractivity contribution >= 4 is 16.7 Å². The molecule has 4 aromatic carbocycles. The lowest BCUT2D eigenvalue weighted by Crippen LogP contribution is -2.26. The summed E-state index contributed by atoms with van der Waals surface area (Å²) >= 11 is 0. The van der Waals surface area contributed by atoms with E-state index in [1.54, 1.807) is 4.90 Å². The van der Waals surface area contributed by atoms with E-state index in [9.17, 15) is 4.79 Å². The topological polar surface area (TPSA) is 49.0 Å². The van der Waals surface area contributed by atoms with E-state index in [1.165, 1.54) is 10.8 Å². The first-order valence-corrected chi connectivity index (χ1v) is 10.6. The highest BCUT2D eigenvalue weighted by atomic mass is 16.2. The van der Waals surface area contributed by atoms with Crippen molar-refractivity contribution in [3.8, 4) is 22.5 Å². The summed E-state index contributed by atoms with van der Waals surface area (Å²) in [6, 6.07) is 34.3. The summed E-state index contributed by atoms with van der Waals surface area (Å²) in [5.74, 6) is -0.00104. The zero-order chi connectivity index (χ0) is 21.9. The standard InChI is InChI=1S/C28H23N3O/c1-31(19-20-8-3-2-4-9-20)28(32)23-16-14-22(15-17-23)26-18-27(30-29-26)25-13-7-11-21-10-5-6-12-24(21)25/h2-18H,19H2,1H3,(H,29,30). The minimum absolute atomic E-state index is 0.00104. The highest BCUT2D eigenvalue weighted by Gasteiger charge is 2.13. The summed E-state index contributed by atoms with van der Waals surface area (Å²) in [6.45, 7) is 0.579. The molecule has 32 heavy (non-hydrogen) atoms. The summed E-state index contributed by atoms with van der Waals surface area (Å²) in [4.78, 5) is 14.5. The van der Waals surface area contributed by atoms with Gasteiger partial charge in [-0.15, -0.1) is 0 Å². The van der Waals surface area contributed by atoms with Crippen LogP contribution in [-0.4, -0.2) is 28.1 Å². The third kappa shape index (κ3) is 3.91. The van der Waals surface area contributed by atoms with Gasteiger partial charge in [-0.1, -0.05) is 84.9 Å². The smallest absolute Gasteiger partial charge is 0.253 e. The molecule has 0 bridgehead atoms. The second-order valence-corrected chi connectivity index (χ2v) is 7.92. The zero-order valence-corrected chi connectivity index (χ0v) is 17.8. The second-order valence-electron chi connectivity index (χ2n) is 7.92. The van der Waals surface area contributed by atoms with Gasteiger partial charge >= 0.3 is 0 Å². The van der Waals surface area contributed by atoms with Gasteiger partial charge in [-0.2, -0.15) is 5.10 Å². The monoisotopic (exact) mass is 417 g/mol. The zero-order valence-electron chi connectivity index (χ0n) is 17.8. The van der Waals surface area contributed by atoms with Crippen molar-refractivity contribution in [2.45, 2.75) is 6.54 Å². The van der Waals surface area contributed by atoms with Gasteiger partial charge in [0, 0.05) is 30.3 Å². The molecule has 0 aliphatic heterocycles. The molecule has 0 saturated heterocycles. The first-order valence-electron chi connectivity index (χ1n) is 10.6. The van der Waals surface area contributed by atoms with E-state index in [0.29, 0.717) is 12.1 Å². The Balaban J connectivity index is 1.36. The number of benzene rings is 4. The summed E-state index contributed by atoms with van der Waals surface area (Å²) < 4.78 is 0. The van der Waals surface area contributed by atoms with Gasteiger partial charge in [0.15, 0.2) is 0 Å². The van der Waals surface area contributed by atoms with E-state index >= 15 is 0 Å². The van der Waals surface area contributed by atoms with E-state index in [0.717, 1.165) is 28.1 Å². The van der Waals surface area contributed by atoms with Crippen LogP contribution in [-0.2, 0) is 6.54 Å². The molecular weight excluding hydrogens is 394 g/mol. The number of aromatic nitrogens is 2. The van der Waals surface area contributed by atoms with E-state index in [-0.39, 0.29) is 5.91 Å². The van der Waals surface area contributed by atoms with Gasteiger partial charge in [0.05, 0.1) is 11.4 Å². The predicted octanol–water partition coefficient (Wildman–Crippen LogP) is 6.17. The largest absolute Gasteiger partial charge is 0.337 e. The first-order chi connectivity index (χ1) is 15.7. The Morgan fingerprint density at radius 1 is 0.844 bits per heavy atom. The number of carbonyl (C=O) groups is 1. The van der Waals surface area contributed by atoms with Gasteiger partial charge in [0.2, 0.25) is 0 Å². The van der Waals surface area contributed by atoms with Gasteiger partial charge in [-0.25, -0.2) is 0 Å². The molecule has 1 amide bonds. The Labute approximate surface area is 187 Å². The van der Waals surface area contributed by atoms with Crippen LogP contribution in [0.2, 0.25) is 0 Å². The van der Waals surface area contributed by atoms with Gasteiger partial charge < -0.3 is 4.90 Å². The Morgan fingerprint density at radius 2 is 1.56 bits per heavy atom. The lowest BCUT2D eigenvalue weighted by Gasteiger charge is -2.17. The summed E-state index contributed by atoms with van der Waals surface area (Å²) in [7, 11) is 1.83. The van der Waals surface area contributed by atoms with Crippen molar-refractivity contribution in [3.05, 3.63) is 114 Å². The third-order valence-electron chi connectivity index (χ3n) is 5.69. The lowest BCUT2D eigenvalue weighted by atomic mass is 10.0. The molecule has 0 unspecified atom stereocenters. The van der Waals surface area contributed by atoms with Gasteiger partial charge in [0.25, 0.3) is 5.91 Å². The molecule has 1 heterocycles. The molecule has 0 atom stereocenters. The van der Waals surface area contributed by atoms with Crippen LogP contribution < -0.4 is 0 Å². The van der Waals surface area contributed by atoms with E-state index < -0.39 is 0 Å². The van der Waals surface area contributed by atoms with Crippen molar-refractivity contribution in [2.75, 3.05) is 7.05 Å². The third-order valence-corrected chi connectivity index (χ3v) is 5.69. The van der Waals surface area contributed by atoms with Crippen LogP contribution in [0, 0.1) is 0 Å². The van der Waals surface area contributed by atoms with Crippen molar-refractivity contribution in [1.29, 1.82) is 0 Å².